The van der Waals surface area contributed by atoms with E-state index >= 15 is 0 Å². The first-order valence-electron chi connectivity index (χ1n) is 14.3. The van der Waals surface area contributed by atoms with Crippen LogP contribution in [-0.2, 0) is 38.3 Å². The van der Waals surface area contributed by atoms with E-state index in [9.17, 15) is 14.2 Å². The van der Waals surface area contributed by atoms with E-state index in [-0.39, 0.29) is 30.5 Å². The minimum Gasteiger partial charge on any atom is -0.369 e. The van der Waals surface area contributed by atoms with Crippen molar-refractivity contribution in [3.8, 4) is 0 Å². The summed E-state index contributed by atoms with van der Waals surface area (Å²) < 4.78 is 22.2. The van der Waals surface area contributed by atoms with Gasteiger partial charge in [-0.2, -0.15) is 9.97 Å². The van der Waals surface area contributed by atoms with Gasteiger partial charge in [0.15, 0.2) is 17.0 Å². The first kappa shape index (κ1) is 32.7. The van der Waals surface area contributed by atoms with E-state index in [1.807, 2.05) is 60.7 Å². The third-order valence-corrected chi connectivity index (χ3v) is 8.92. The van der Waals surface area contributed by atoms with Crippen LogP contribution < -0.4 is 21.2 Å². The molecule has 13 heteroatoms. The number of aromatic nitrogens is 4. The molecule has 4 rings (SSSR count). The van der Waals surface area contributed by atoms with Crippen LogP contribution in [0.25, 0.3) is 11.2 Å². The molecule has 0 radical (unpaired) electrons. The van der Waals surface area contributed by atoms with Gasteiger partial charge in [-0.3, -0.25) is 14.2 Å². The number of carbonyl (C=O) groups is 2. The molecular formula is C31H39N8O4P. The zero-order valence-corrected chi connectivity index (χ0v) is 25.9. The van der Waals surface area contributed by atoms with Crippen molar-refractivity contribution < 1.29 is 18.9 Å². The number of ether oxygens (including phenoxy) is 1. The van der Waals surface area contributed by atoms with E-state index in [4.69, 9.17) is 10.5 Å². The summed E-state index contributed by atoms with van der Waals surface area (Å²) in [4.78, 5) is 38.4. The van der Waals surface area contributed by atoms with Crippen molar-refractivity contribution in [2.24, 2.45) is 0 Å². The Morgan fingerprint density at radius 2 is 1.55 bits per heavy atom. The molecule has 0 aliphatic rings. The number of carbonyl (C=O) groups excluding carboxylic acids is 2. The second kappa shape index (κ2) is 15.5. The maximum absolute atomic E-state index is 14.5. The van der Waals surface area contributed by atoms with Crippen molar-refractivity contribution in [1.29, 1.82) is 0 Å². The number of imidazole rings is 1. The van der Waals surface area contributed by atoms with Crippen molar-refractivity contribution in [3.63, 3.8) is 0 Å². The number of anilines is 2. The summed E-state index contributed by atoms with van der Waals surface area (Å²) in [5, 5.41) is 9.21. The van der Waals surface area contributed by atoms with Gasteiger partial charge in [0.1, 0.15) is 17.9 Å². The highest BCUT2D eigenvalue weighted by Crippen LogP contribution is 2.38. The fraction of sp³-hybridized carbons (Fsp3) is 0.323. The van der Waals surface area contributed by atoms with E-state index in [1.54, 1.807) is 17.0 Å². The number of nitrogens with one attached hydrogen (secondary N) is 3. The van der Waals surface area contributed by atoms with Gasteiger partial charge in [-0.05, 0) is 37.8 Å². The second-order valence-corrected chi connectivity index (χ2v) is 12.7. The Kier molecular flexibility index (Phi) is 11.5. The average molecular weight is 619 g/mol. The van der Waals surface area contributed by atoms with Crippen LogP contribution in [0.4, 0.5) is 11.8 Å². The summed E-state index contributed by atoms with van der Waals surface area (Å²) in [5.41, 5.74) is 8.81. The molecule has 44 heavy (non-hydrogen) atoms. The van der Waals surface area contributed by atoms with Gasteiger partial charge in [-0.1, -0.05) is 66.7 Å². The highest BCUT2D eigenvalue weighted by atomic mass is 31.2. The highest BCUT2D eigenvalue weighted by Gasteiger charge is 2.32. The van der Waals surface area contributed by atoms with Gasteiger partial charge in [-0.25, -0.2) is 15.2 Å². The molecule has 0 fully saturated rings. The van der Waals surface area contributed by atoms with Crippen LogP contribution >= 0.6 is 7.44 Å². The average Bonchev–Trinajstić information content (AvgIpc) is 3.41. The zero-order chi connectivity index (χ0) is 31.5. The Bertz CT molecular complexity index is 1550. The number of hydrogen-bond acceptors (Lipinski definition) is 9. The molecule has 2 aromatic carbocycles. The first-order chi connectivity index (χ1) is 21.2. The molecule has 12 nitrogen and oxygen atoms in total. The van der Waals surface area contributed by atoms with Gasteiger partial charge >= 0.3 is 0 Å². The van der Waals surface area contributed by atoms with Crippen molar-refractivity contribution >= 4 is 41.9 Å². The lowest BCUT2D eigenvalue weighted by Crippen LogP contribution is -2.44. The SMILES string of the molecule is C=CCNc1nc(N)nc2c1ncn2CCOCP(=O)(N[C@@H](Cc1ccccc1)C(C)=O)N[C@@H](Cc1ccccc1)C(C)=O. The third-order valence-electron chi connectivity index (χ3n) is 6.92. The Labute approximate surface area is 257 Å². The molecule has 5 N–H and O–H groups in total. The Morgan fingerprint density at radius 3 is 2.07 bits per heavy atom. The van der Waals surface area contributed by atoms with Crippen molar-refractivity contribution in [3.05, 3.63) is 90.8 Å². The van der Waals surface area contributed by atoms with Crippen molar-refractivity contribution in [2.45, 2.75) is 45.3 Å². The van der Waals surface area contributed by atoms with Crippen LogP contribution in [0, 0.1) is 0 Å². The molecule has 4 aromatic rings. The molecule has 0 bridgehead atoms. The number of hydrogen-bond donors (Lipinski definition) is 4. The van der Waals surface area contributed by atoms with E-state index in [1.165, 1.54) is 13.8 Å². The largest absolute Gasteiger partial charge is 0.369 e. The lowest BCUT2D eigenvalue weighted by atomic mass is 10.0. The van der Waals surface area contributed by atoms with E-state index in [0.717, 1.165) is 11.1 Å². The lowest BCUT2D eigenvalue weighted by molar-refractivity contribution is -0.119. The topological polar surface area (TPSA) is 166 Å². The number of Topliss-reactive ketones (excluding diaryl/α,β-unsaturated/α-hetero) is 2. The number of fused-ring (bicyclic) bond motifs is 1. The number of ketones is 2. The molecule has 0 saturated carbocycles. The van der Waals surface area contributed by atoms with Crippen molar-refractivity contribution in [2.75, 3.05) is 30.6 Å². The number of rotatable bonds is 18. The third kappa shape index (κ3) is 9.14. The Hall–Kier alpha value is -4.22. The van der Waals surface area contributed by atoms with E-state index < -0.39 is 19.5 Å². The van der Waals surface area contributed by atoms with Crippen LogP contribution in [0.5, 0.6) is 0 Å². The number of nitrogens with two attached hydrogens (primary N) is 1. The summed E-state index contributed by atoms with van der Waals surface area (Å²) in [6.45, 7) is 7.56. The summed E-state index contributed by atoms with van der Waals surface area (Å²) in [6.07, 6.45) is 3.70. The lowest BCUT2D eigenvalue weighted by Gasteiger charge is -2.29. The standard InChI is InChI=1S/C31H39N8O4P/c1-4-15-33-29-28-30(36-31(32)35-29)39(20-34-28)16-17-43-21-44(42,37-26(22(2)40)18-24-11-7-5-8-12-24)38-27(23(3)41)19-25-13-9-6-10-14-25/h4-14,20,26-27H,1,15-19,21H2,2-3H3,(H2,37,38,42)(H3,32,33,35,36)/t26-,27-/m0/s1. The van der Waals surface area contributed by atoms with Gasteiger partial charge in [0, 0.05) is 13.1 Å². The predicted octanol–water partition coefficient (Wildman–Crippen LogP) is 3.75. The fourth-order valence-electron chi connectivity index (χ4n) is 4.65. The highest BCUT2D eigenvalue weighted by molar-refractivity contribution is 7.59. The molecule has 2 heterocycles. The molecule has 2 aromatic heterocycles. The van der Waals surface area contributed by atoms with Crippen molar-refractivity contribution in [1.82, 2.24) is 29.7 Å². The quantitative estimate of drug-likeness (QED) is 0.0729. The van der Waals surface area contributed by atoms with Gasteiger partial charge < -0.3 is 20.4 Å². The molecule has 0 amide bonds. The van der Waals surface area contributed by atoms with E-state index in [0.29, 0.717) is 42.9 Å². The van der Waals surface area contributed by atoms with Gasteiger partial charge in [0.2, 0.25) is 13.4 Å². The molecule has 232 valence electrons. The van der Waals surface area contributed by atoms with Crippen LogP contribution in [-0.4, -0.2) is 62.7 Å². The number of nitrogens with zero attached hydrogens (tertiary/aromatic N) is 4. The van der Waals surface area contributed by atoms with Crippen LogP contribution in [0.3, 0.4) is 0 Å². The number of benzene rings is 2. The minimum absolute atomic E-state index is 0.0898. The normalized spacial score (nSPS) is 13.0. The first-order valence-corrected chi connectivity index (χ1v) is 16.2. The maximum Gasteiger partial charge on any atom is 0.237 e. The van der Waals surface area contributed by atoms with Crippen LogP contribution in [0.2, 0.25) is 0 Å². The minimum atomic E-state index is -3.65. The van der Waals surface area contributed by atoms with Gasteiger partial charge in [-0.15, -0.1) is 6.58 Å². The molecule has 0 unspecified atom stereocenters. The fourth-order valence-corrected chi connectivity index (χ4v) is 6.81. The predicted molar refractivity (Wildman–Crippen MR) is 172 cm³/mol. The smallest absolute Gasteiger partial charge is 0.237 e. The Balaban J connectivity index is 1.51. The summed E-state index contributed by atoms with van der Waals surface area (Å²) in [5.74, 6) is 0.224. The zero-order valence-electron chi connectivity index (χ0n) is 25.0. The molecular weight excluding hydrogens is 579 g/mol. The summed E-state index contributed by atoms with van der Waals surface area (Å²) in [6, 6.07) is 17.4. The summed E-state index contributed by atoms with van der Waals surface area (Å²) in [7, 11) is -3.65. The molecule has 0 aliphatic heterocycles. The van der Waals surface area contributed by atoms with Gasteiger partial charge in [0.05, 0.1) is 25.0 Å². The second-order valence-electron chi connectivity index (χ2n) is 10.5. The molecule has 2 atom stereocenters. The van der Waals surface area contributed by atoms with E-state index in [2.05, 4.69) is 37.0 Å². The number of nitrogen functional groups attached to an aromatic ring is 1. The molecule has 0 saturated heterocycles. The molecule has 0 spiro atoms. The molecule has 0 aliphatic carbocycles. The van der Waals surface area contributed by atoms with Crippen LogP contribution in [0.1, 0.15) is 25.0 Å². The van der Waals surface area contributed by atoms with Crippen LogP contribution in [0.15, 0.2) is 79.6 Å². The Morgan fingerprint density at radius 1 is 0.977 bits per heavy atom. The van der Waals surface area contributed by atoms with Gasteiger partial charge in [0.25, 0.3) is 0 Å². The monoisotopic (exact) mass is 618 g/mol. The summed E-state index contributed by atoms with van der Waals surface area (Å²) >= 11 is 0. The maximum atomic E-state index is 14.5.